The van der Waals surface area contributed by atoms with Crippen molar-refractivity contribution >= 4 is 0 Å². The molecule has 0 fully saturated rings. The van der Waals surface area contributed by atoms with Gasteiger partial charge >= 0.3 is 0 Å². The first kappa shape index (κ1) is 16.1. The minimum absolute atomic E-state index is 0.163. The van der Waals surface area contributed by atoms with Crippen molar-refractivity contribution in [1.29, 1.82) is 0 Å². The van der Waals surface area contributed by atoms with Crippen molar-refractivity contribution in [3.05, 3.63) is 30.3 Å². The molecule has 3 aromatic rings. The van der Waals surface area contributed by atoms with Crippen molar-refractivity contribution in [2.75, 3.05) is 28.1 Å². The molecule has 0 saturated carbocycles. The van der Waals surface area contributed by atoms with Crippen LogP contribution in [0.1, 0.15) is 0 Å². The van der Waals surface area contributed by atoms with Gasteiger partial charge in [0.05, 0.1) is 21.3 Å². The highest BCUT2D eigenvalue weighted by Gasteiger charge is 2.23. The number of nitrogens with zero attached hydrogens (tertiary/aromatic N) is 2. The van der Waals surface area contributed by atoms with E-state index in [4.69, 9.17) is 23.7 Å². The van der Waals surface area contributed by atoms with Gasteiger partial charge in [-0.3, -0.25) is 0 Å². The lowest BCUT2D eigenvalue weighted by Gasteiger charge is -2.10. The van der Waals surface area contributed by atoms with Crippen molar-refractivity contribution in [1.82, 2.24) is 15.4 Å². The number of aromatic nitrogens is 3. The van der Waals surface area contributed by atoms with Gasteiger partial charge in [-0.25, -0.2) is 0 Å². The summed E-state index contributed by atoms with van der Waals surface area (Å²) in [7, 11) is 4.77. The maximum absolute atomic E-state index is 5.49. The summed E-state index contributed by atoms with van der Waals surface area (Å²) in [6.45, 7) is 0.163. The van der Waals surface area contributed by atoms with Crippen molar-refractivity contribution in [3.8, 4) is 51.3 Å². The standard InChI is InChI=1S/C18H17N3O5/c1-22-12-5-4-10(6-13(12)23-2)16-17(20-21-19-16)11-7-14(24-3)18-15(8-11)25-9-26-18/h4-8H,9H2,1-3H3,(H,19,20,21). The Kier molecular flexibility index (Phi) is 4.00. The molecule has 8 heteroatoms. The summed E-state index contributed by atoms with van der Waals surface area (Å²) < 4.78 is 27.0. The molecule has 0 radical (unpaired) electrons. The highest BCUT2D eigenvalue weighted by Crippen LogP contribution is 2.45. The second-order valence-electron chi connectivity index (χ2n) is 5.50. The summed E-state index contributed by atoms with van der Waals surface area (Å²) >= 11 is 0. The van der Waals surface area contributed by atoms with E-state index in [2.05, 4.69) is 15.4 Å². The second-order valence-corrected chi connectivity index (χ2v) is 5.50. The number of H-pyrrole nitrogens is 1. The minimum Gasteiger partial charge on any atom is -0.493 e. The highest BCUT2D eigenvalue weighted by atomic mass is 16.7. The van der Waals surface area contributed by atoms with Gasteiger partial charge < -0.3 is 23.7 Å². The van der Waals surface area contributed by atoms with E-state index < -0.39 is 0 Å². The first-order chi connectivity index (χ1) is 12.7. The molecule has 26 heavy (non-hydrogen) atoms. The topological polar surface area (TPSA) is 87.7 Å². The van der Waals surface area contributed by atoms with Crippen molar-refractivity contribution in [2.24, 2.45) is 0 Å². The quantitative estimate of drug-likeness (QED) is 0.753. The third-order valence-corrected chi connectivity index (χ3v) is 4.14. The molecule has 0 saturated heterocycles. The SMILES string of the molecule is COc1ccc(-c2n[nH]nc2-c2cc(OC)c3c(c2)OCO3)cc1OC. The number of hydrogen-bond acceptors (Lipinski definition) is 7. The molecule has 1 aromatic heterocycles. The molecule has 2 aromatic carbocycles. The Balaban J connectivity index is 1.81. The Morgan fingerprint density at radius 1 is 0.808 bits per heavy atom. The van der Waals surface area contributed by atoms with E-state index in [1.807, 2.05) is 30.3 Å². The van der Waals surface area contributed by atoms with E-state index in [0.717, 1.165) is 11.1 Å². The van der Waals surface area contributed by atoms with Crippen LogP contribution in [0, 0.1) is 0 Å². The Morgan fingerprint density at radius 2 is 1.50 bits per heavy atom. The monoisotopic (exact) mass is 355 g/mol. The Morgan fingerprint density at radius 3 is 2.23 bits per heavy atom. The fourth-order valence-corrected chi connectivity index (χ4v) is 2.88. The van der Waals surface area contributed by atoms with Crippen LogP contribution >= 0.6 is 0 Å². The van der Waals surface area contributed by atoms with E-state index in [1.54, 1.807) is 21.3 Å². The molecule has 4 rings (SSSR count). The van der Waals surface area contributed by atoms with Gasteiger partial charge in [-0.1, -0.05) is 0 Å². The maximum atomic E-state index is 5.49. The number of ether oxygens (including phenoxy) is 5. The van der Waals surface area contributed by atoms with Crippen LogP contribution in [0.3, 0.4) is 0 Å². The summed E-state index contributed by atoms with van der Waals surface area (Å²) in [6, 6.07) is 9.27. The number of nitrogens with one attached hydrogen (secondary N) is 1. The third-order valence-electron chi connectivity index (χ3n) is 4.14. The van der Waals surface area contributed by atoms with Crippen LogP contribution in [0.2, 0.25) is 0 Å². The lowest BCUT2D eigenvalue weighted by atomic mass is 10.0. The Hall–Kier alpha value is -3.42. The number of fused-ring (bicyclic) bond motifs is 1. The molecule has 1 aliphatic heterocycles. The lowest BCUT2D eigenvalue weighted by Crippen LogP contribution is -1.93. The van der Waals surface area contributed by atoms with E-state index in [1.165, 1.54) is 0 Å². The van der Waals surface area contributed by atoms with E-state index in [-0.39, 0.29) is 6.79 Å². The summed E-state index contributed by atoms with van der Waals surface area (Å²) in [5.74, 6) is 3.04. The van der Waals surface area contributed by atoms with Gasteiger partial charge in [0.2, 0.25) is 12.5 Å². The van der Waals surface area contributed by atoms with Crippen LogP contribution in [0.5, 0.6) is 28.7 Å². The molecule has 0 bridgehead atoms. The van der Waals surface area contributed by atoms with E-state index >= 15 is 0 Å². The molecule has 0 unspecified atom stereocenters. The van der Waals surface area contributed by atoms with Gasteiger partial charge in [-0.15, -0.1) is 0 Å². The normalized spacial score (nSPS) is 12.1. The molecule has 0 aliphatic carbocycles. The van der Waals surface area contributed by atoms with Gasteiger partial charge in [0, 0.05) is 11.1 Å². The Bertz CT molecular complexity index is 954. The van der Waals surface area contributed by atoms with E-state index in [0.29, 0.717) is 40.1 Å². The van der Waals surface area contributed by atoms with Gasteiger partial charge in [0.15, 0.2) is 23.0 Å². The van der Waals surface area contributed by atoms with Crippen LogP contribution < -0.4 is 23.7 Å². The molecular weight excluding hydrogens is 338 g/mol. The van der Waals surface area contributed by atoms with Crippen LogP contribution in [0.15, 0.2) is 30.3 Å². The molecule has 1 aliphatic rings. The van der Waals surface area contributed by atoms with Crippen LogP contribution in [-0.4, -0.2) is 43.5 Å². The third kappa shape index (κ3) is 2.55. The predicted octanol–water partition coefficient (Wildman–Crippen LogP) is 2.89. The minimum atomic E-state index is 0.163. The van der Waals surface area contributed by atoms with Gasteiger partial charge in [0.1, 0.15) is 11.4 Å². The van der Waals surface area contributed by atoms with Gasteiger partial charge in [0.25, 0.3) is 0 Å². The Labute approximate surface area is 149 Å². The maximum Gasteiger partial charge on any atom is 0.231 e. The number of hydrogen-bond donors (Lipinski definition) is 1. The highest BCUT2D eigenvalue weighted by molar-refractivity contribution is 5.81. The average Bonchev–Trinajstić information content (AvgIpc) is 3.35. The molecule has 0 atom stereocenters. The van der Waals surface area contributed by atoms with Gasteiger partial charge in [-0.2, -0.15) is 15.4 Å². The smallest absolute Gasteiger partial charge is 0.231 e. The molecule has 0 spiro atoms. The summed E-state index contributed by atoms with van der Waals surface area (Å²) in [5, 5.41) is 11.3. The number of rotatable bonds is 5. The van der Waals surface area contributed by atoms with E-state index in [9.17, 15) is 0 Å². The zero-order chi connectivity index (χ0) is 18.1. The summed E-state index contributed by atoms with van der Waals surface area (Å²) in [4.78, 5) is 0. The fourth-order valence-electron chi connectivity index (χ4n) is 2.88. The van der Waals surface area contributed by atoms with Crippen LogP contribution in [0.4, 0.5) is 0 Å². The summed E-state index contributed by atoms with van der Waals surface area (Å²) in [6.07, 6.45) is 0. The zero-order valence-electron chi connectivity index (χ0n) is 14.5. The van der Waals surface area contributed by atoms with Crippen LogP contribution in [-0.2, 0) is 0 Å². The van der Waals surface area contributed by atoms with Crippen molar-refractivity contribution in [2.45, 2.75) is 0 Å². The number of aromatic amines is 1. The molecule has 0 amide bonds. The first-order valence-electron chi connectivity index (χ1n) is 7.86. The van der Waals surface area contributed by atoms with Gasteiger partial charge in [-0.05, 0) is 30.3 Å². The summed E-state index contributed by atoms with van der Waals surface area (Å²) in [5.41, 5.74) is 2.97. The fraction of sp³-hybridized carbons (Fsp3) is 0.222. The van der Waals surface area contributed by atoms with Crippen molar-refractivity contribution < 1.29 is 23.7 Å². The second kappa shape index (κ2) is 6.47. The average molecular weight is 355 g/mol. The number of benzene rings is 2. The molecule has 2 heterocycles. The largest absolute Gasteiger partial charge is 0.493 e. The van der Waals surface area contributed by atoms with Crippen molar-refractivity contribution in [3.63, 3.8) is 0 Å². The number of methoxy groups -OCH3 is 3. The zero-order valence-corrected chi connectivity index (χ0v) is 14.5. The molecule has 8 nitrogen and oxygen atoms in total. The lowest BCUT2D eigenvalue weighted by molar-refractivity contribution is 0.171. The van der Waals surface area contributed by atoms with Crippen LogP contribution in [0.25, 0.3) is 22.5 Å². The first-order valence-corrected chi connectivity index (χ1v) is 7.86. The molecular formula is C18H17N3O5. The predicted molar refractivity (Wildman–Crippen MR) is 93.0 cm³/mol. The molecule has 134 valence electrons. The molecule has 1 N–H and O–H groups in total.